The molecule has 24 heavy (non-hydrogen) atoms. The van der Waals surface area contributed by atoms with E-state index in [0.717, 1.165) is 43.6 Å². The molecule has 0 spiro atoms. The summed E-state index contributed by atoms with van der Waals surface area (Å²) in [5.74, 6) is -1.97. The first-order chi connectivity index (χ1) is 11.6. The summed E-state index contributed by atoms with van der Waals surface area (Å²) in [5.41, 5.74) is 0.649. The molecule has 5 nitrogen and oxygen atoms in total. The van der Waals surface area contributed by atoms with Gasteiger partial charge in [0.15, 0.2) is 0 Å². The number of aryl methyl sites for hydroxylation is 1. The number of nitrogens with one attached hydrogen (secondary N) is 1. The van der Waals surface area contributed by atoms with Crippen LogP contribution in [0, 0.1) is 11.6 Å². The Morgan fingerprint density at radius 3 is 2.71 bits per heavy atom. The zero-order chi connectivity index (χ0) is 17.1. The molecule has 1 N–H and O–H groups in total. The quantitative estimate of drug-likeness (QED) is 0.935. The van der Waals surface area contributed by atoms with Gasteiger partial charge in [-0.2, -0.15) is 5.10 Å². The zero-order valence-corrected chi connectivity index (χ0v) is 13.5. The van der Waals surface area contributed by atoms with Gasteiger partial charge in [0.2, 0.25) is 5.91 Å². The standard InChI is InChI=1S/C17H20F2N4O/c1-22-14(8-9-20-22)15-7-2-3-10-23(15)11-16(24)21-17-12(18)5-4-6-13(17)19/h4-6,8-9,15H,2-3,7,10-11H2,1H3,(H,21,24)/t15-/m1/s1. The van der Waals surface area contributed by atoms with E-state index in [1.165, 1.54) is 6.07 Å². The number of anilines is 1. The summed E-state index contributed by atoms with van der Waals surface area (Å²) in [6.45, 7) is 0.854. The van der Waals surface area contributed by atoms with E-state index in [9.17, 15) is 13.6 Å². The summed E-state index contributed by atoms with van der Waals surface area (Å²) in [4.78, 5) is 14.3. The first-order valence-corrected chi connectivity index (χ1v) is 8.02. The number of carbonyl (C=O) groups is 1. The fourth-order valence-corrected chi connectivity index (χ4v) is 3.21. The van der Waals surface area contributed by atoms with Crippen LogP contribution in [-0.2, 0) is 11.8 Å². The van der Waals surface area contributed by atoms with Gasteiger partial charge in [-0.3, -0.25) is 14.4 Å². The molecular formula is C17H20F2N4O. The maximum atomic E-state index is 13.7. The van der Waals surface area contributed by atoms with E-state index < -0.39 is 23.2 Å². The smallest absolute Gasteiger partial charge is 0.238 e. The first-order valence-electron chi connectivity index (χ1n) is 8.02. The molecule has 0 saturated carbocycles. The molecule has 0 unspecified atom stereocenters. The predicted molar refractivity (Wildman–Crippen MR) is 86.4 cm³/mol. The van der Waals surface area contributed by atoms with Crippen molar-refractivity contribution >= 4 is 11.6 Å². The molecule has 1 saturated heterocycles. The minimum absolute atomic E-state index is 0.0856. The molecule has 7 heteroatoms. The fraction of sp³-hybridized carbons (Fsp3) is 0.412. The fourth-order valence-electron chi connectivity index (χ4n) is 3.21. The topological polar surface area (TPSA) is 50.2 Å². The molecule has 2 heterocycles. The molecular weight excluding hydrogens is 314 g/mol. The van der Waals surface area contributed by atoms with Crippen molar-refractivity contribution < 1.29 is 13.6 Å². The van der Waals surface area contributed by atoms with Crippen molar-refractivity contribution in [3.8, 4) is 0 Å². The largest absolute Gasteiger partial charge is 0.320 e. The lowest BCUT2D eigenvalue weighted by Crippen LogP contribution is -2.40. The van der Waals surface area contributed by atoms with E-state index in [-0.39, 0.29) is 12.6 Å². The third kappa shape index (κ3) is 3.46. The summed E-state index contributed by atoms with van der Waals surface area (Å²) >= 11 is 0. The van der Waals surface area contributed by atoms with Crippen LogP contribution in [0.2, 0.25) is 0 Å². The zero-order valence-electron chi connectivity index (χ0n) is 13.5. The molecule has 3 rings (SSSR count). The van der Waals surface area contributed by atoms with Gasteiger partial charge in [-0.15, -0.1) is 0 Å². The highest BCUT2D eigenvalue weighted by molar-refractivity contribution is 5.92. The number of piperidine rings is 1. The average Bonchev–Trinajstić information content (AvgIpc) is 2.98. The summed E-state index contributed by atoms with van der Waals surface area (Å²) < 4.78 is 29.1. The number of rotatable bonds is 4. The molecule has 1 atom stereocenters. The van der Waals surface area contributed by atoms with Crippen molar-refractivity contribution in [2.45, 2.75) is 25.3 Å². The molecule has 0 bridgehead atoms. The predicted octanol–water partition coefficient (Wildman–Crippen LogP) is 2.86. The van der Waals surface area contributed by atoms with E-state index in [4.69, 9.17) is 0 Å². The second-order valence-corrected chi connectivity index (χ2v) is 6.01. The maximum Gasteiger partial charge on any atom is 0.238 e. The molecule has 2 aromatic rings. The minimum atomic E-state index is -0.773. The van der Waals surface area contributed by atoms with Crippen molar-refractivity contribution in [2.75, 3.05) is 18.4 Å². The van der Waals surface area contributed by atoms with Gasteiger partial charge < -0.3 is 5.32 Å². The summed E-state index contributed by atoms with van der Waals surface area (Å²) in [5, 5.41) is 6.54. The SMILES string of the molecule is Cn1nccc1[C@H]1CCCCN1CC(=O)Nc1c(F)cccc1F. The second-order valence-electron chi connectivity index (χ2n) is 6.01. The normalized spacial score (nSPS) is 18.5. The van der Waals surface area contributed by atoms with E-state index in [1.54, 1.807) is 10.9 Å². The second kappa shape index (κ2) is 7.09. The molecule has 1 aromatic heterocycles. The van der Waals surface area contributed by atoms with Crippen LogP contribution in [0.5, 0.6) is 0 Å². The van der Waals surface area contributed by atoms with Gasteiger partial charge in [-0.05, 0) is 37.6 Å². The van der Waals surface area contributed by atoms with Crippen LogP contribution in [0.1, 0.15) is 31.0 Å². The Morgan fingerprint density at radius 1 is 1.29 bits per heavy atom. The Hall–Kier alpha value is -2.28. The lowest BCUT2D eigenvalue weighted by molar-refractivity contribution is -0.118. The highest BCUT2D eigenvalue weighted by Gasteiger charge is 2.28. The number of hydrogen-bond donors (Lipinski definition) is 1. The first kappa shape index (κ1) is 16.6. The van der Waals surface area contributed by atoms with Gasteiger partial charge in [-0.1, -0.05) is 12.5 Å². The Kier molecular flexibility index (Phi) is 4.89. The molecule has 1 aromatic carbocycles. The van der Waals surface area contributed by atoms with E-state index in [0.29, 0.717) is 0 Å². The Bertz CT molecular complexity index is 711. The molecule has 1 fully saturated rings. The molecule has 0 aliphatic carbocycles. The maximum absolute atomic E-state index is 13.7. The number of halogens is 2. The monoisotopic (exact) mass is 334 g/mol. The molecule has 1 amide bonds. The lowest BCUT2D eigenvalue weighted by atomic mass is 9.99. The van der Waals surface area contributed by atoms with Crippen LogP contribution >= 0.6 is 0 Å². The van der Waals surface area contributed by atoms with Crippen LogP contribution in [0.15, 0.2) is 30.5 Å². The van der Waals surface area contributed by atoms with Gasteiger partial charge in [-0.25, -0.2) is 8.78 Å². The highest BCUT2D eigenvalue weighted by Crippen LogP contribution is 2.30. The number of amides is 1. The number of benzene rings is 1. The van der Waals surface area contributed by atoms with Crippen molar-refractivity contribution in [1.29, 1.82) is 0 Å². The van der Waals surface area contributed by atoms with Crippen molar-refractivity contribution in [2.24, 2.45) is 7.05 Å². The van der Waals surface area contributed by atoms with Gasteiger partial charge >= 0.3 is 0 Å². The van der Waals surface area contributed by atoms with Crippen LogP contribution < -0.4 is 5.32 Å². The van der Waals surface area contributed by atoms with E-state index >= 15 is 0 Å². The van der Waals surface area contributed by atoms with Gasteiger partial charge in [0, 0.05) is 13.2 Å². The van der Waals surface area contributed by atoms with Crippen LogP contribution in [0.4, 0.5) is 14.5 Å². The number of hydrogen-bond acceptors (Lipinski definition) is 3. The Balaban J connectivity index is 1.71. The number of para-hydroxylation sites is 1. The number of likely N-dealkylation sites (tertiary alicyclic amines) is 1. The Morgan fingerprint density at radius 2 is 2.04 bits per heavy atom. The lowest BCUT2D eigenvalue weighted by Gasteiger charge is -2.35. The van der Waals surface area contributed by atoms with Crippen molar-refractivity contribution in [3.05, 3.63) is 47.8 Å². The van der Waals surface area contributed by atoms with Crippen molar-refractivity contribution in [1.82, 2.24) is 14.7 Å². The van der Waals surface area contributed by atoms with Crippen LogP contribution in [0.25, 0.3) is 0 Å². The van der Waals surface area contributed by atoms with Gasteiger partial charge in [0.1, 0.15) is 17.3 Å². The van der Waals surface area contributed by atoms with Gasteiger partial charge in [0.25, 0.3) is 0 Å². The summed E-state index contributed by atoms with van der Waals surface area (Å²) in [6, 6.07) is 5.54. The number of carbonyl (C=O) groups excluding carboxylic acids is 1. The van der Waals surface area contributed by atoms with Crippen LogP contribution in [0.3, 0.4) is 0 Å². The third-order valence-corrected chi connectivity index (χ3v) is 4.39. The minimum Gasteiger partial charge on any atom is -0.320 e. The van der Waals surface area contributed by atoms with E-state index in [1.807, 2.05) is 18.0 Å². The molecule has 1 aliphatic rings. The summed E-state index contributed by atoms with van der Waals surface area (Å²) in [6.07, 6.45) is 4.74. The molecule has 0 radical (unpaired) electrons. The molecule has 1 aliphatic heterocycles. The molecule has 128 valence electrons. The summed E-state index contributed by atoms with van der Waals surface area (Å²) in [7, 11) is 1.87. The Labute approximate surface area is 139 Å². The van der Waals surface area contributed by atoms with Crippen LogP contribution in [-0.4, -0.2) is 33.7 Å². The number of nitrogens with zero attached hydrogens (tertiary/aromatic N) is 3. The number of aromatic nitrogens is 2. The highest BCUT2D eigenvalue weighted by atomic mass is 19.1. The van der Waals surface area contributed by atoms with Crippen molar-refractivity contribution in [3.63, 3.8) is 0 Å². The average molecular weight is 334 g/mol. The van der Waals surface area contributed by atoms with Gasteiger partial charge in [0.05, 0.1) is 18.3 Å². The van der Waals surface area contributed by atoms with E-state index in [2.05, 4.69) is 10.4 Å². The third-order valence-electron chi connectivity index (χ3n) is 4.39.